The number of azo groups is 1. The highest BCUT2D eigenvalue weighted by Crippen LogP contribution is 2.31. The van der Waals surface area contributed by atoms with Crippen LogP contribution in [0.3, 0.4) is 0 Å². The second-order valence-electron chi connectivity index (χ2n) is 4.86. The maximum absolute atomic E-state index is 4.38. The van der Waals surface area contributed by atoms with E-state index in [0.717, 1.165) is 17.1 Å². The highest BCUT2D eigenvalue weighted by molar-refractivity contribution is 5.68. The highest BCUT2D eigenvalue weighted by Gasteiger charge is 2.06. The maximum Gasteiger partial charge on any atom is 0.109 e. The fraction of sp³-hybridized carbons (Fsp3) is 0.250. The normalized spacial score (nSPS) is 10.9. The number of hydrogen-bond donors (Lipinski definition) is 0. The van der Waals surface area contributed by atoms with Crippen molar-refractivity contribution in [1.29, 1.82) is 0 Å². The molecule has 0 aromatic heterocycles. The number of rotatable bonds is 3. The van der Waals surface area contributed by atoms with Gasteiger partial charge >= 0.3 is 0 Å². The molecule has 0 unspecified atom stereocenters. The lowest BCUT2D eigenvalue weighted by molar-refractivity contribution is 1.10. The first kappa shape index (κ1) is 13.3. The quantitative estimate of drug-likeness (QED) is 0.723. The van der Waals surface area contributed by atoms with Gasteiger partial charge in [-0.2, -0.15) is 5.11 Å². The third-order valence-electron chi connectivity index (χ3n) is 3.10. The van der Waals surface area contributed by atoms with Gasteiger partial charge in [0.1, 0.15) is 5.69 Å². The second-order valence-corrected chi connectivity index (χ2v) is 4.86. The Morgan fingerprint density at radius 1 is 0.842 bits per heavy atom. The SMILES string of the molecule is Cc1cc(N=Nc2ccccc2)c(N(C)C)cc1C. The number of hydrogen-bond acceptors (Lipinski definition) is 3. The van der Waals surface area contributed by atoms with Crippen molar-refractivity contribution >= 4 is 17.1 Å². The lowest BCUT2D eigenvalue weighted by Crippen LogP contribution is -2.09. The highest BCUT2D eigenvalue weighted by atomic mass is 15.1. The van der Waals surface area contributed by atoms with E-state index in [1.807, 2.05) is 44.4 Å². The molecule has 0 fully saturated rings. The zero-order valence-corrected chi connectivity index (χ0v) is 11.9. The molecule has 0 saturated heterocycles. The molecule has 98 valence electrons. The molecule has 0 aliphatic heterocycles. The molecule has 0 saturated carbocycles. The van der Waals surface area contributed by atoms with Crippen LogP contribution in [-0.2, 0) is 0 Å². The molecule has 2 aromatic rings. The van der Waals surface area contributed by atoms with E-state index >= 15 is 0 Å². The molecule has 0 N–H and O–H groups in total. The average molecular weight is 253 g/mol. The van der Waals surface area contributed by atoms with Gasteiger partial charge < -0.3 is 4.90 Å². The molecule has 3 heteroatoms. The number of benzene rings is 2. The van der Waals surface area contributed by atoms with Crippen molar-refractivity contribution < 1.29 is 0 Å². The molecule has 19 heavy (non-hydrogen) atoms. The Balaban J connectivity index is 2.39. The van der Waals surface area contributed by atoms with Crippen LogP contribution in [0.1, 0.15) is 11.1 Å². The van der Waals surface area contributed by atoms with Gasteiger partial charge in [0.15, 0.2) is 0 Å². The topological polar surface area (TPSA) is 28.0 Å². The molecule has 0 aliphatic carbocycles. The van der Waals surface area contributed by atoms with Gasteiger partial charge in [-0.25, -0.2) is 0 Å². The monoisotopic (exact) mass is 253 g/mol. The summed E-state index contributed by atoms with van der Waals surface area (Å²) in [5.74, 6) is 0. The Kier molecular flexibility index (Phi) is 3.95. The molecule has 0 atom stereocenters. The Hall–Kier alpha value is -2.16. The van der Waals surface area contributed by atoms with E-state index in [0.29, 0.717) is 0 Å². The molecule has 2 aromatic carbocycles. The van der Waals surface area contributed by atoms with Gasteiger partial charge in [-0.05, 0) is 49.2 Å². The minimum absolute atomic E-state index is 0.866. The molecule has 2 rings (SSSR count). The molecule has 3 nitrogen and oxygen atoms in total. The molecule has 0 spiro atoms. The molecule has 0 amide bonds. The van der Waals surface area contributed by atoms with Crippen molar-refractivity contribution in [2.24, 2.45) is 10.2 Å². The Morgan fingerprint density at radius 3 is 2.11 bits per heavy atom. The first-order chi connectivity index (χ1) is 9.08. The summed E-state index contributed by atoms with van der Waals surface area (Å²) in [6.07, 6.45) is 0. The minimum atomic E-state index is 0.866. The van der Waals surface area contributed by atoms with Gasteiger partial charge in [0, 0.05) is 14.1 Å². The van der Waals surface area contributed by atoms with E-state index < -0.39 is 0 Å². The largest absolute Gasteiger partial charge is 0.376 e. The first-order valence-corrected chi connectivity index (χ1v) is 6.33. The Labute approximate surface area is 114 Å². The standard InChI is InChI=1S/C16H19N3/c1-12-10-15(16(19(3)4)11-13(12)2)18-17-14-8-6-5-7-9-14/h5-11H,1-4H3. The molecule has 0 heterocycles. The fourth-order valence-electron chi connectivity index (χ4n) is 1.83. The van der Waals surface area contributed by atoms with Crippen molar-refractivity contribution in [2.75, 3.05) is 19.0 Å². The summed E-state index contributed by atoms with van der Waals surface area (Å²) < 4.78 is 0. The van der Waals surface area contributed by atoms with E-state index in [-0.39, 0.29) is 0 Å². The smallest absolute Gasteiger partial charge is 0.109 e. The van der Waals surface area contributed by atoms with Crippen LogP contribution < -0.4 is 4.90 Å². The molecular formula is C16H19N3. The summed E-state index contributed by atoms with van der Waals surface area (Å²) in [4.78, 5) is 2.06. The van der Waals surface area contributed by atoms with Crippen LogP contribution in [0.2, 0.25) is 0 Å². The van der Waals surface area contributed by atoms with Crippen molar-refractivity contribution in [1.82, 2.24) is 0 Å². The Morgan fingerprint density at radius 2 is 1.47 bits per heavy atom. The van der Waals surface area contributed by atoms with Gasteiger partial charge in [0.2, 0.25) is 0 Å². The zero-order chi connectivity index (χ0) is 13.8. The zero-order valence-electron chi connectivity index (χ0n) is 11.9. The summed E-state index contributed by atoms with van der Waals surface area (Å²) in [6, 6.07) is 14.0. The van der Waals surface area contributed by atoms with Crippen LogP contribution in [0.15, 0.2) is 52.7 Å². The van der Waals surface area contributed by atoms with Crippen LogP contribution in [-0.4, -0.2) is 14.1 Å². The van der Waals surface area contributed by atoms with Crippen LogP contribution >= 0.6 is 0 Å². The van der Waals surface area contributed by atoms with Crippen molar-refractivity contribution in [2.45, 2.75) is 13.8 Å². The van der Waals surface area contributed by atoms with Crippen molar-refractivity contribution in [3.05, 3.63) is 53.6 Å². The molecule has 0 aliphatic rings. The predicted molar refractivity (Wildman–Crippen MR) is 80.9 cm³/mol. The van der Waals surface area contributed by atoms with Crippen molar-refractivity contribution in [3.8, 4) is 0 Å². The van der Waals surface area contributed by atoms with E-state index in [9.17, 15) is 0 Å². The number of aryl methyl sites for hydroxylation is 2. The number of nitrogens with zero attached hydrogens (tertiary/aromatic N) is 3. The predicted octanol–water partition coefficient (Wildman–Crippen LogP) is 4.78. The molecular weight excluding hydrogens is 234 g/mol. The van der Waals surface area contributed by atoms with Crippen LogP contribution in [0.5, 0.6) is 0 Å². The minimum Gasteiger partial charge on any atom is -0.376 e. The third-order valence-corrected chi connectivity index (χ3v) is 3.10. The summed E-state index contributed by atoms with van der Waals surface area (Å²) in [5.41, 5.74) is 5.35. The second kappa shape index (κ2) is 5.65. The summed E-state index contributed by atoms with van der Waals surface area (Å²) in [6.45, 7) is 4.21. The van der Waals surface area contributed by atoms with Crippen LogP contribution in [0.4, 0.5) is 17.1 Å². The van der Waals surface area contributed by atoms with Crippen LogP contribution in [0, 0.1) is 13.8 Å². The van der Waals surface area contributed by atoms with Gasteiger partial charge in [-0.15, -0.1) is 5.11 Å². The van der Waals surface area contributed by atoms with Gasteiger partial charge in [-0.1, -0.05) is 18.2 Å². The third kappa shape index (κ3) is 3.19. The lowest BCUT2D eigenvalue weighted by Gasteiger charge is -2.16. The van der Waals surface area contributed by atoms with E-state index in [2.05, 4.69) is 41.1 Å². The Bertz CT molecular complexity index is 586. The van der Waals surface area contributed by atoms with E-state index in [1.165, 1.54) is 11.1 Å². The maximum atomic E-state index is 4.38. The van der Waals surface area contributed by atoms with E-state index in [1.54, 1.807) is 0 Å². The number of anilines is 1. The summed E-state index contributed by atoms with van der Waals surface area (Å²) >= 11 is 0. The van der Waals surface area contributed by atoms with Crippen molar-refractivity contribution in [3.63, 3.8) is 0 Å². The molecule has 0 radical (unpaired) electrons. The summed E-state index contributed by atoms with van der Waals surface area (Å²) in [5, 5.41) is 8.67. The van der Waals surface area contributed by atoms with E-state index in [4.69, 9.17) is 0 Å². The summed E-state index contributed by atoms with van der Waals surface area (Å²) in [7, 11) is 4.04. The van der Waals surface area contributed by atoms with Crippen LogP contribution in [0.25, 0.3) is 0 Å². The fourth-order valence-corrected chi connectivity index (χ4v) is 1.83. The first-order valence-electron chi connectivity index (χ1n) is 6.33. The lowest BCUT2D eigenvalue weighted by atomic mass is 10.1. The van der Waals surface area contributed by atoms with Gasteiger partial charge in [0.05, 0.1) is 11.4 Å². The average Bonchev–Trinajstić information content (AvgIpc) is 2.40. The van der Waals surface area contributed by atoms with Gasteiger partial charge in [-0.3, -0.25) is 0 Å². The molecule has 0 bridgehead atoms. The van der Waals surface area contributed by atoms with Gasteiger partial charge in [0.25, 0.3) is 0 Å².